The summed E-state index contributed by atoms with van der Waals surface area (Å²) in [4.78, 5) is 49.1. The van der Waals surface area contributed by atoms with Crippen LogP contribution in [0.15, 0.2) is 12.1 Å². The zero-order chi connectivity index (χ0) is 19.6. The van der Waals surface area contributed by atoms with Crippen molar-refractivity contribution in [2.75, 3.05) is 28.4 Å². The number of fused-ring (bicyclic) bond motifs is 1. The highest BCUT2D eigenvalue weighted by Crippen LogP contribution is 2.32. The van der Waals surface area contributed by atoms with Crippen LogP contribution in [0.2, 0.25) is 0 Å². The first-order chi connectivity index (χ1) is 12.3. The number of methoxy groups -OCH3 is 4. The zero-order valence-electron chi connectivity index (χ0n) is 14.9. The summed E-state index contributed by atoms with van der Waals surface area (Å²) in [6.07, 6.45) is 0. The summed E-state index contributed by atoms with van der Waals surface area (Å²) in [6, 6.07) is 2.83. The molecule has 2 rings (SSSR count). The molecule has 138 valence electrons. The van der Waals surface area contributed by atoms with Gasteiger partial charge in [-0.15, -0.1) is 0 Å². The van der Waals surface area contributed by atoms with Gasteiger partial charge in [0.25, 0.3) is 0 Å². The van der Waals surface area contributed by atoms with E-state index in [-0.39, 0.29) is 27.8 Å². The second kappa shape index (κ2) is 7.26. The fourth-order valence-corrected chi connectivity index (χ4v) is 2.76. The predicted molar refractivity (Wildman–Crippen MR) is 88.3 cm³/mol. The fourth-order valence-electron chi connectivity index (χ4n) is 2.76. The molecular formula is C17H17NO8. The molecular weight excluding hydrogens is 346 g/mol. The number of ether oxygens (including phenoxy) is 4. The molecule has 0 amide bonds. The van der Waals surface area contributed by atoms with E-state index in [1.807, 2.05) is 0 Å². The van der Waals surface area contributed by atoms with Gasteiger partial charge in [-0.1, -0.05) is 0 Å². The summed E-state index contributed by atoms with van der Waals surface area (Å²) in [7, 11) is 6.08. The molecule has 1 heterocycles. The Morgan fingerprint density at radius 2 is 1.23 bits per heavy atom. The highest BCUT2D eigenvalue weighted by atomic mass is 16.5. The summed E-state index contributed by atoms with van der Waals surface area (Å²) in [5.41, 5.74) is -0.314. The lowest BCUT2D eigenvalue weighted by atomic mass is 9.99. The van der Waals surface area contributed by atoms with Crippen molar-refractivity contribution in [3.05, 3.63) is 34.5 Å². The van der Waals surface area contributed by atoms with Crippen molar-refractivity contribution < 1.29 is 38.1 Å². The lowest BCUT2D eigenvalue weighted by Gasteiger charge is -2.09. The summed E-state index contributed by atoms with van der Waals surface area (Å²) < 4.78 is 20.3. The van der Waals surface area contributed by atoms with Gasteiger partial charge >= 0.3 is 23.9 Å². The molecule has 26 heavy (non-hydrogen) atoms. The molecule has 0 saturated carbocycles. The Bertz CT molecular complexity index is 925. The number of carbonyl (C=O) groups excluding carboxylic acids is 4. The standard InChI is InChI=1S/C17H17NO8/c1-18-9-7-6-8(14(19)23-2)10(15(20)24-3)11(9)12(16(21)25-4)13(18)17(22)26-5/h6-7H,1-5H3. The smallest absolute Gasteiger partial charge is 0.355 e. The Morgan fingerprint density at radius 3 is 1.73 bits per heavy atom. The molecule has 0 N–H and O–H groups in total. The van der Waals surface area contributed by atoms with E-state index < -0.39 is 23.9 Å². The second-order valence-electron chi connectivity index (χ2n) is 5.13. The van der Waals surface area contributed by atoms with Crippen LogP contribution in [-0.2, 0) is 26.0 Å². The molecule has 0 aliphatic heterocycles. The molecule has 1 aromatic carbocycles. The minimum absolute atomic E-state index is 0.0366. The van der Waals surface area contributed by atoms with E-state index in [1.165, 1.54) is 23.7 Å². The molecule has 0 fully saturated rings. The molecule has 0 saturated heterocycles. The van der Waals surface area contributed by atoms with Crippen LogP contribution in [0.4, 0.5) is 0 Å². The number of rotatable bonds is 4. The monoisotopic (exact) mass is 363 g/mol. The third-order valence-corrected chi connectivity index (χ3v) is 3.93. The summed E-state index contributed by atoms with van der Waals surface area (Å²) in [5.74, 6) is -3.35. The average Bonchev–Trinajstić information content (AvgIpc) is 2.97. The summed E-state index contributed by atoms with van der Waals surface area (Å²) in [6.45, 7) is 0. The molecule has 0 radical (unpaired) electrons. The Morgan fingerprint density at radius 1 is 0.731 bits per heavy atom. The van der Waals surface area contributed by atoms with Crippen molar-refractivity contribution >= 4 is 34.8 Å². The first-order valence-electron chi connectivity index (χ1n) is 7.32. The Kier molecular flexibility index (Phi) is 5.30. The molecule has 0 unspecified atom stereocenters. The largest absolute Gasteiger partial charge is 0.465 e. The number of benzene rings is 1. The van der Waals surface area contributed by atoms with E-state index in [0.29, 0.717) is 5.52 Å². The molecule has 0 atom stereocenters. The lowest BCUT2D eigenvalue weighted by Crippen LogP contribution is -2.15. The van der Waals surface area contributed by atoms with Crippen LogP contribution < -0.4 is 0 Å². The normalized spacial score (nSPS) is 10.3. The van der Waals surface area contributed by atoms with Gasteiger partial charge in [0, 0.05) is 12.4 Å². The van der Waals surface area contributed by atoms with Crippen molar-refractivity contribution in [1.82, 2.24) is 4.57 Å². The molecule has 0 bridgehead atoms. The Balaban J connectivity index is 3.10. The summed E-state index contributed by atoms with van der Waals surface area (Å²) in [5, 5.41) is 0.0366. The van der Waals surface area contributed by atoms with Gasteiger partial charge in [-0.25, -0.2) is 19.2 Å². The van der Waals surface area contributed by atoms with Crippen LogP contribution in [0.3, 0.4) is 0 Å². The maximum absolute atomic E-state index is 12.4. The van der Waals surface area contributed by atoms with Gasteiger partial charge < -0.3 is 23.5 Å². The van der Waals surface area contributed by atoms with Gasteiger partial charge in [-0.3, -0.25) is 0 Å². The van der Waals surface area contributed by atoms with Gasteiger partial charge in [-0.05, 0) is 12.1 Å². The van der Waals surface area contributed by atoms with E-state index in [9.17, 15) is 19.2 Å². The van der Waals surface area contributed by atoms with Gasteiger partial charge in [0.1, 0.15) is 11.3 Å². The molecule has 0 aliphatic carbocycles. The van der Waals surface area contributed by atoms with E-state index in [2.05, 4.69) is 0 Å². The Hall–Kier alpha value is -3.36. The third kappa shape index (κ3) is 2.77. The van der Waals surface area contributed by atoms with E-state index in [0.717, 1.165) is 28.4 Å². The SMILES string of the molecule is COC(=O)c1ccc2c(c1C(=O)OC)c(C(=O)OC)c(C(=O)OC)n2C. The topological polar surface area (TPSA) is 110 Å². The number of hydrogen-bond donors (Lipinski definition) is 0. The number of aryl methyl sites for hydroxylation is 1. The molecule has 1 aromatic heterocycles. The second-order valence-corrected chi connectivity index (χ2v) is 5.13. The van der Waals surface area contributed by atoms with Crippen molar-refractivity contribution in [2.45, 2.75) is 0 Å². The quantitative estimate of drug-likeness (QED) is 0.591. The average molecular weight is 363 g/mol. The Labute approximate surface area is 148 Å². The lowest BCUT2D eigenvalue weighted by molar-refractivity contribution is 0.0547. The number of esters is 4. The van der Waals surface area contributed by atoms with Gasteiger partial charge in [0.15, 0.2) is 0 Å². The molecule has 9 heteroatoms. The minimum Gasteiger partial charge on any atom is -0.465 e. The van der Waals surface area contributed by atoms with Gasteiger partial charge in [0.2, 0.25) is 0 Å². The van der Waals surface area contributed by atoms with Crippen LogP contribution >= 0.6 is 0 Å². The summed E-state index contributed by atoms with van der Waals surface area (Å²) >= 11 is 0. The minimum atomic E-state index is -0.872. The maximum Gasteiger partial charge on any atom is 0.355 e. The highest BCUT2D eigenvalue weighted by Gasteiger charge is 2.33. The van der Waals surface area contributed by atoms with Gasteiger partial charge in [0.05, 0.1) is 45.1 Å². The third-order valence-electron chi connectivity index (χ3n) is 3.93. The van der Waals surface area contributed by atoms with Crippen LogP contribution in [0.5, 0.6) is 0 Å². The number of aromatic nitrogens is 1. The first kappa shape index (κ1) is 19.0. The number of carbonyl (C=O) groups is 4. The molecule has 0 aliphatic rings. The highest BCUT2D eigenvalue weighted by molar-refractivity contribution is 6.21. The van der Waals surface area contributed by atoms with Crippen molar-refractivity contribution in [3.8, 4) is 0 Å². The first-order valence-corrected chi connectivity index (χ1v) is 7.32. The van der Waals surface area contributed by atoms with Crippen molar-refractivity contribution in [3.63, 3.8) is 0 Å². The van der Waals surface area contributed by atoms with Crippen LogP contribution in [-0.4, -0.2) is 56.9 Å². The molecule has 0 spiro atoms. The van der Waals surface area contributed by atoms with Crippen LogP contribution in [0, 0.1) is 0 Å². The molecule has 9 nitrogen and oxygen atoms in total. The molecule has 2 aromatic rings. The zero-order valence-corrected chi connectivity index (χ0v) is 14.9. The van der Waals surface area contributed by atoms with Gasteiger partial charge in [-0.2, -0.15) is 0 Å². The van der Waals surface area contributed by atoms with Crippen molar-refractivity contribution in [2.24, 2.45) is 7.05 Å². The fraction of sp³-hybridized carbons (Fsp3) is 0.294. The van der Waals surface area contributed by atoms with Crippen LogP contribution in [0.1, 0.15) is 41.6 Å². The van der Waals surface area contributed by atoms with E-state index in [4.69, 9.17) is 18.9 Å². The van der Waals surface area contributed by atoms with Crippen molar-refractivity contribution in [1.29, 1.82) is 0 Å². The number of nitrogens with zero attached hydrogens (tertiary/aromatic N) is 1. The predicted octanol–water partition coefficient (Wildman–Crippen LogP) is 1.32. The van der Waals surface area contributed by atoms with Crippen LogP contribution in [0.25, 0.3) is 10.9 Å². The van der Waals surface area contributed by atoms with E-state index >= 15 is 0 Å². The number of hydrogen-bond acceptors (Lipinski definition) is 8. The maximum atomic E-state index is 12.4. The van der Waals surface area contributed by atoms with E-state index in [1.54, 1.807) is 0 Å².